The van der Waals surface area contributed by atoms with Gasteiger partial charge in [-0.15, -0.1) is 0 Å². The first-order valence-electron chi connectivity index (χ1n) is 6.17. The Labute approximate surface area is 109 Å². The Morgan fingerprint density at radius 1 is 1.33 bits per heavy atom. The van der Waals surface area contributed by atoms with Gasteiger partial charge < -0.3 is 10.4 Å². The molecular weight excluding hydrogens is 226 g/mol. The number of allylic oxidation sites excluding steroid dienone is 1. The van der Waals surface area contributed by atoms with Crippen molar-refractivity contribution >= 4 is 12.0 Å². The minimum atomic E-state index is -0.541. The summed E-state index contributed by atoms with van der Waals surface area (Å²) in [6.45, 7) is 3.54. The Bertz CT molecular complexity index is 396. The second-order valence-electron chi connectivity index (χ2n) is 4.94. The predicted molar refractivity (Wildman–Crippen MR) is 74.0 cm³/mol. The topological polar surface area (TPSA) is 49.3 Å². The van der Waals surface area contributed by atoms with E-state index >= 15 is 0 Å². The first kappa shape index (κ1) is 14.5. The normalized spacial score (nSPS) is 11.7. The highest BCUT2D eigenvalue weighted by Gasteiger charge is 2.17. The van der Waals surface area contributed by atoms with Gasteiger partial charge in [0.1, 0.15) is 0 Å². The second kappa shape index (κ2) is 6.97. The van der Waals surface area contributed by atoms with E-state index in [1.165, 1.54) is 0 Å². The third kappa shape index (κ3) is 5.64. The van der Waals surface area contributed by atoms with Gasteiger partial charge in [-0.25, -0.2) is 0 Å². The number of carbonyl (C=O) groups is 1. The highest BCUT2D eigenvalue weighted by Crippen LogP contribution is 2.04. The summed E-state index contributed by atoms with van der Waals surface area (Å²) in [5.74, 6) is -0.0354. The molecule has 0 radical (unpaired) electrons. The number of rotatable bonds is 6. The molecule has 0 unspecified atom stereocenters. The standard InChI is InChI=1S/C15H21NO2/c1-15(2,12-17)16-14(18)11-7-6-10-13-8-4-3-5-9-13/h3-6,8-10,17H,7,11-12H2,1-2H3,(H,16,18)/b10-6+. The smallest absolute Gasteiger partial charge is 0.220 e. The summed E-state index contributed by atoms with van der Waals surface area (Å²) in [5, 5.41) is 11.8. The zero-order chi connectivity index (χ0) is 13.4. The lowest BCUT2D eigenvalue weighted by Crippen LogP contribution is -2.46. The zero-order valence-electron chi connectivity index (χ0n) is 11.0. The maximum Gasteiger partial charge on any atom is 0.220 e. The summed E-state index contributed by atoms with van der Waals surface area (Å²) < 4.78 is 0. The molecule has 0 heterocycles. The van der Waals surface area contributed by atoms with E-state index in [4.69, 9.17) is 5.11 Å². The Kier molecular flexibility index (Phi) is 5.59. The van der Waals surface area contributed by atoms with E-state index in [9.17, 15) is 4.79 Å². The van der Waals surface area contributed by atoms with Crippen LogP contribution < -0.4 is 5.32 Å². The Hall–Kier alpha value is -1.61. The molecule has 0 saturated heterocycles. The Morgan fingerprint density at radius 3 is 2.61 bits per heavy atom. The van der Waals surface area contributed by atoms with Gasteiger partial charge in [-0.3, -0.25) is 4.79 Å². The average molecular weight is 247 g/mol. The van der Waals surface area contributed by atoms with Crippen LogP contribution in [0.3, 0.4) is 0 Å². The molecule has 0 aliphatic carbocycles. The van der Waals surface area contributed by atoms with Gasteiger partial charge in [0.25, 0.3) is 0 Å². The van der Waals surface area contributed by atoms with Gasteiger partial charge in [0.15, 0.2) is 0 Å². The number of aliphatic hydroxyl groups excluding tert-OH is 1. The molecule has 1 rings (SSSR count). The fourth-order valence-corrected chi connectivity index (χ4v) is 1.48. The Morgan fingerprint density at radius 2 is 2.00 bits per heavy atom. The van der Waals surface area contributed by atoms with Crippen molar-refractivity contribution in [2.75, 3.05) is 6.61 Å². The monoisotopic (exact) mass is 247 g/mol. The molecule has 98 valence electrons. The summed E-state index contributed by atoms with van der Waals surface area (Å²) in [6.07, 6.45) is 5.13. The van der Waals surface area contributed by atoms with Crippen LogP contribution in [0.25, 0.3) is 6.08 Å². The number of nitrogens with one attached hydrogen (secondary N) is 1. The van der Waals surface area contributed by atoms with Gasteiger partial charge in [-0.05, 0) is 25.8 Å². The molecule has 0 aliphatic heterocycles. The molecule has 3 heteroatoms. The van der Waals surface area contributed by atoms with Crippen molar-refractivity contribution < 1.29 is 9.90 Å². The molecule has 2 N–H and O–H groups in total. The zero-order valence-corrected chi connectivity index (χ0v) is 11.0. The second-order valence-corrected chi connectivity index (χ2v) is 4.94. The van der Waals surface area contributed by atoms with Crippen LogP contribution in [0, 0.1) is 0 Å². The fourth-order valence-electron chi connectivity index (χ4n) is 1.48. The molecule has 18 heavy (non-hydrogen) atoms. The van der Waals surface area contributed by atoms with Gasteiger partial charge in [0.2, 0.25) is 5.91 Å². The van der Waals surface area contributed by atoms with Gasteiger partial charge in [0.05, 0.1) is 12.1 Å². The van der Waals surface area contributed by atoms with Gasteiger partial charge in [-0.2, -0.15) is 0 Å². The van der Waals surface area contributed by atoms with Gasteiger partial charge in [0, 0.05) is 6.42 Å². The third-order valence-electron chi connectivity index (χ3n) is 2.52. The average Bonchev–Trinajstić information content (AvgIpc) is 2.35. The maximum absolute atomic E-state index is 11.6. The minimum Gasteiger partial charge on any atom is -0.394 e. The highest BCUT2D eigenvalue weighted by atomic mass is 16.3. The first-order valence-corrected chi connectivity index (χ1v) is 6.17. The minimum absolute atomic E-state index is 0.0354. The number of hydrogen-bond donors (Lipinski definition) is 2. The van der Waals surface area contributed by atoms with Gasteiger partial charge in [-0.1, -0.05) is 42.5 Å². The number of hydrogen-bond acceptors (Lipinski definition) is 2. The summed E-state index contributed by atoms with van der Waals surface area (Å²) in [7, 11) is 0. The van der Waals surface area contributed by atoms with Crippen molar-refractivity contribution in [3.63, 3.8) is 0 Å². The van der Waals surface area contributed by atoms with E-state index < -0.39 is 5.54 Å². The van der Waals surface area contributed by atoms with Crippen molar-refractivity contribution in [2.45, 2.75) is 32.2 Å². The van der Waals surface area contributed by atoms with E-state index in [0.29, 0.717) is 12.8 Å². The quantitative estimate of drug-likeness (QED) is 0.810. The largest absolute Gasteiger partial charge is 0.394 e. The number of aliphatic hydroxyl groups is 1. The summed E-state index contributed by atoms with van der Waals surface area (Å²) in [6, 6.07) is 9.98. The number of carbonyl (C=O) groups excluding carboxylic acids is 1. The lowest BCUT2D eigenvalue weighted by atomic mass is 10.1. The molecule has 1 aromatic rings. The molecule has 1 aromatic carbocycles. The van der Waals surface area contributed by atoms with E-state index in [-0.39, 0.29) is 12.5 Å². The van der Waals surface area contributed by atoms with Crippen LogP contribution in [0.5, 0.6) is 0 Å². The molecule has 3 nitrogen and oxygen atoms in total. The third-order valence-corrected chi connectivity index (χ3v) is 2.52. The van der Waals surface area contributed by atoms with E-state index in [1.807, 2.05) is 42.5 Å². The number of benzene rings is 1. The number of amides is 1. The molecule has 0 aromatic heterocycles. The SMILES string of the molecule is CC(C)(CO)NC(=O)CC/C=C/c1ccccc1. The van der Waals surface area contributed by atoms with Crippen molar-refractivity contribution in [3.05, 3.63) is 42.0 Å². The lowest BCUT2D eigenvalue weighted by Gasteiger charge is -2.23. The molecule has 0 spiro atoms. The van der Waals surface area contributed by atoms with E-state index in [1.54, 1.807) is 13.8 Å². The summed E-state index contributed by atoms with van der Waals surface area (Å²) in [4.78, 5) is 11.6. The summed E-state index contributed by atoms with van der Waals surface area (Å²) >= 11 is 0. The van der Waals surface area contributed by atoms with Crippen LogP contribution in [0.4, 0.5) is 0 Å². The van der Waals surface area contributed by atoms with Crippen molar-refractivity contribution in [1.82, 2.24) is 5.32 Å². The van der Waals surface area contributed by atoms with Crippen LogP contribution >= 0.6 is 0 Å². The molecule has 0 fully saturated rings. The molecule has 0 bridgehead atoms. The van der Waals surface area contributed by atoms with Crippen LogP contribution in [-0.2, 0) is 4.79 Å². The summed E-state index contributed by atoms with van der Waals surface area (Å²) in [5.41, 5.74) is 0.592. The van der Waals surface area contributed by atoms with E-state index in [0.717, 1.165) is 5.56 Å². The van der Waals surface area contributed by atoms with Crippen LogP contribution in [0.1, 0.15) is 32.3 Å². The lowest BCUT2D eigenvalue weighted by molar-refractivity contribution is -0.123. The molecule has 0 aliphatic rings. The van der Waals surface area contributed by atoms with Crippen molar-refractivity contribution in [2.24, 2.45) is 0 Å². The van der Waals surface area contributed by atoms with Crippen LogP contribution in [-0.4, -0.2) is 23.2 Å². The van der Waals surface area contributed by atoms with Crippen molar-refractivity contribution in [1.29, 1.82) is 0 Å². The predicted octanol–water partition coefficient (Wildman–Crippen LogP) is 2.37. The molecule has 0 saturated carbocycles. The van der Waals surface area contributed by atoms with Crippen LogP contribution in [0.15, 0.2) is 36.4 Å². The fraction of sp³-hybridized carbons (Fsp3) is 0.400. The van der Waals surface area contributed by atoms with E-state index in [2.05, 4.69) is 5.32 Å². The first-order chi connectivity index (χ1) is 8.53. The van der Waals surface area contributed by atoms with Gasteiger partial charge >= 0.3 is 0 Å². The Balaban J connectivity index is 2.30. The maximum atomic E-state index is 11.6. The molecular formula is C15H21NO2. The van der Waals surface area contributed by atoms with Crippen molar-refractivity contribution in [3.8, 4) is 0 Å². The molecule has 0 atom stereocenters. The molecule has 1 amide bonds. The highest BCUT2D eigenvalue weighted by molar-refractivity contribution is 5.77. The van der Waals surface area contributed by atoms with Crippen LogP contribution in [0.2, 0.25) is 0 Å².